The summed E-state index contributed by atoms with van der Waals surface area (Å²) in [6.45, 7) is 0.826. The Morgan fingerprint density at radius 2 is 2.19 bits per heavy atom. The van der Waals surface area contributed by atoms with Crippen LogP contribution >= 0.6 is 34.7 Å². The average molecular weight is 406 g/mol. The maximum atomic E-state index is 6.25. The predicted octanol–water partition coefficient (Wildman–Crippen LogP) is 4.92. The SMILES string of the molecule is CN1OC(CSc2ccc(Cl)cc2)CC1(Cn1ccnc1)c1cccs1. The molecule has 1 aromatic carbocycles. The number of hydrogen-bond acceptors (Lipinski definition) is 5. The summed E-state index contributed by atoms with van der Waals surface area (Å²) in [6.07, 6.45) is 6.82. The van der Waals surface area contributed by atoms with E-state index >= 15 is 0 Å². The maximum Gasteiger partial charge on any atom is 0.100 e. The first kappa shape index (κ1) is 18.1. The second-order valence-electron chi connectivity index (χ2n) is 6.44. The van der Waals surface area contributed by atoms with Crippen molar-refractivity contribution in [2.75, 3.05) is 12.8 Å². The van der Waals surface area contributed by atoms with E-state index in [1.807, 2.05) is 54.7 Å². The van der Waals surface area contributed by atoms with Gasteiger partial charge >= 0.3 is 0 Å². The molecule has 0 spiro atoms. The molecular formula is C19H20ClN3OS2. The number of likely N-dealkylation sites (N-methyl/N-ethyl adjacent to an activating group) is 1. The summed E-state index contributed by atoms with van der Waals surface area (Å²) in [5.41, 5.74) is -0.167. The van der Waals surface area contributed by atoms with Crippen molar-refractivity contribution in [3.63, 3.8) is 0 Å². The Bertz CT molecular complexity index is 823. The Hall–Kier alpha value is -1.31. The number of hydrogen-bond donors (Lipinski definition) is 0. The number of aromatic nitrogens is 2. The van der Waals surface area contributed by atoms with E-state index in [0.29, 0.717) is 0 Å². The van der Waals surface area contributed by atoms with Crippen molar-refractivity contribution < 1.29 is 4.84 Å². The van der Waals surface area contributed by atoms with Crippen molar-refractivity contribution in [3.05, 3.63) is 70.4 Å². The molecule has 0 amide bonds. The summed E-state index contributed by atoms with van der Waals surface area (Å²) in [5, 5.41) is 4.95. The molecular weight excluding hydrogens is 386 g/mol. The third-order valence-corrected chi connectivity index (χ3v) is 7.17. The first-order valence-electron chi connectivity index (χ1n) is 8.44. The van der Waals surface area contributed by atoms with E-state index < -0.39 is 0 Å². The van der Waals surface area contributed by atoms with E-state index in [1.54, 1.807) is 11.3 Å². The van der Waals surface area contributed by atoms with Crippen LogP contribution in [0.2, 0.25) is 5.02 Å². The van der Waals surface area contributed by atoms with Crippen LogP contribution in [0, 0.1) is 0 Å². The zero-order chi connectivity index (χ0) is 18.0. The minimum Gasteiger partial charge on any atom is -0.335 e. The van der Waals surface area contributed by atoms with Crippen LogP contribution < -0.4 is 0 Å². The van der Waals surface area contributed by atoms with Crippen molar-refractivity contribution in [1.82, 2.24) is 14.6 Å². The standard InChI is InChI=1S/C19H20ClN3OS2/c1-22-19(18-3-2-10-25-18,13-23-9-8-21-14-23)11-16(24-22)12-26-17-6-4-15(20)5-7-17/h2-10,14,16H,11-13H2,1H3. The summed E-state index contributed by atoms with van der Waals surface area (Å²) >= 11 is 9.57. The molecule has 136 valence electrons. The largest absolute Gasteiger partial charge is 0.335 e. The molecule has 0 N–H and O–H groups in total. The van der Waals surface area contributed by atoms with E-state index in [9.17, 15) is 0 Å². The lowest BCUT2D eigenvalue weighted by Crippen LogP contribution is -2.40. The maximum absolute atomic E-state index is 6.25. The zero-order valence-corrected chi connectivity index (χ0v) is 16.8. The fourth-order valence-corrected chi connectivity index (χ4v) is 5.37. The van der Waals surface area contributed by atoms with Crippen LogP contribution in [0.15, 0.2) is 65.4 Å². The highest BCUT2D eigenvalue weighted by molar-refractivity contribution is 7.99. The third-order valence-electron chi connectivity index (χ3n) is 4.71. The minimum atomic E-state index is -0.167. The highest BCUT2D eigenvalue weighted by Crippen LogP contribution is 2.44. The summed E-state index contributed by atoms with van der Waals surface area (Å²) < 4.78 is 2.13. The van der Waals surface area contributed by atoms with Gasteiger partial charge in [-0.3, -0.25) is 4.84 Å². The molecule has 1 aliphatic heterocycles. The van der Waals surface area contributed by atoms with E-state index in [0.717, 1.165) is 23.7 Å². The molecule has 1 aliphatic rings. The van der Waals surface area contributed by atoms with Crippen LogP contribution in [-0.4, -0.2) is 33.5 Å². The molecule has 2 unspecified atom stereocenters. The lowest BCUT2D eigenvalue weighted by Gasteiger charge is -2.33. The van der Waals surface area contributed by atoms with E-state index in [-0.39, 0.29) is 11.6 Å². The van der Waals surface area contributed by atoms with Gasteiger partial charge in [0.15, 0.2) is 0 Å². The summed E-state index contributed by atoms with van der Waals surface area (Å²) in [5.74, 6) is 0.906. The predicted molar refractivity (Wildman–Crippen MR) is 108 cm³/mol. The van der Waals surface area contributed by atoms with E-state index in [2.05, 4.69) is 39.2 Å². The molecule has 1 fully saturated rings. The van der Waals surface area contributed by atoms with Crippen molar-refractivity contribution in [2.24, 2.45) is 0 Å². The van der Waals surface area contributed by atoms with Crippen LogP contribution in [0.3, 0.4) is 0 Å². The van der Waals surface area contributed by atoms with Gasteiger partial charge in [0.1, 0.15) is 5.54 Å². The van der Waals surface area contributed by atoms with Crippen molar-refractivity contribution in [1.29, 1.82) is 0 Å². The van der Waals surface area contributed by atoms with Gasteiger partial charge in [0.25, 0.3) is 0 Å². The molecule has 1 saturated heterocycles. The summed E-state index contributed by atoms with van der Waals surface area (Å²) in [6, 6.07) is 12.3. The Labute approximate surface area is 166 Å². The van der Waals surface area contributed by atoms with Crippen molar-refractivity contribution in [2.45, 2.75) is 29.5 Å². The molecule has 4 rings (SSSR count). The lowest BCUT2D eigenvalue weighted by atomic mass is 9.91. The highest BCUT2D eigenvalue weighted by Gasteiger charge is 2.47. The Balaban J connectivity index is 1.51. The van der Waals surface area contributed by atoms with Crippen molar-refractivity contribution in [3.8, 4) is 0 Å². The molecule has 3 heterocycles. The monoisotopic (exact) mass is 405 g/mol. The van der Waals surface area contributed by atoms with Gasteiger partial charge in [-0.25, -0.2) is 4.98 Å². The molecule has 0 aliphatic carbocycles. The molecule has 2 aromatic heterocycles. The molecule has 7 heteroatoms. The number of hydroxylamine groups is 2. The fraction of sp³-hybridized carbons (Fsp3) is 0.316. The molecule has 0 bridgehead atoms. The molecule has 0 saturated carbocycles. The number of imidazole rings is 1. The summed E-state index contributed by atoms with van der Waals surface area (Å²) in [4.78, 5) is 13.0. The second-order valence-corrected chi connectivity index (χ2v) is 8.92. The normalized spacial score (nSPS) is 23.5. The van der Waals surface area contributed by atoms with E-state index in [4.69, 9.17) is 16.4 Å². The average Bonchev–Trinajstić information content (AvgIpc) is 3.38. The second kappa shape index (κ2) is 7.74. The molecule has 4 nitrogen and oxygen atoms in total. The van der Waals surface area contributed by atoms with Gasteiger partial charge in [-0.1, -0.05) is 17.7 Å². The highest BCUT2D eigenvalue weighted by atomic mass is 35.5. The first-order valence-corrected chi connectivity index (χ1v) is 10.7. The Kier molecular flexibility index (Phi) is 5.38. The number of thiophene rings is 1. The van der Waals surface area contributed by atoms with Gasteiger partial charge < -0.3 is 4.57 Å². The van der Waals surface area contributed by atoms with Crippen LogP contribution in [0.5, 0.6) is 0 Å². The van der Waals surface area contributed by atoms with Crippen LogP contribution in [0.1, 0.15) is 11.3 Å². The summed E-state index contributed by atoms with van der Waals surface area (Å²) in [7, 11) is 2.05. The van der Waals surface area contributed by atoms with Gasteiger partial charge in [-0.15, -0.1) is 23.1 Å². The Morgan fingerprint density at radius 3 is 2.88 bits per heavy atom. The quantitative estimate of drug-likeness (QED) is 0.544. The molecule has 0 radical (unpaired) electrons. The molecule has 26 heavy (non-hydrogen) atoms. The first-order chi connectivity index (χ1) is 12.7. The van der Waals surface area contributed by atoms with Gasteiger partial charge in [0, 0.05) is 53.0 Å². The molecule has 3 aromatic rings. The number of rotatable bonds is 6. The van der Waals surface area contributed by atoms with Gasteiger partial charge in [0.05, 0.1) is 12.4 Å². The minimum absolute atomic E-state index is 0.159. The van der Waals surface area contributed by atoms with Gasteiger partial charge in [0.2, 0.25) is 0 Å². The number of benzene rings is 1. The van der Waals surface area contributed by atoms with Crippen LogP contribution in [-0.2, 0) is 16.9 Å². The fourth-order valence-electron chi connectivity index (χ4n) is 3.40. The number of halogens is 1. The van der Waals surface area contributed by atoms with E-state index in [1.165, 1.54) is 9.77 Å². The third kappa shape index (κ3) is 3.70. The smallest absolute Gasteiger partial charge is 0.100 e. The van der Waals surface area contributed by atoms with Gasteiger partial charge in [-0.05, 0) is 35.7 Å². The molecule has 2 atom stereocenters. The topological polar surface area (TPSA) is 30.3 Å². The van der Waals surface area contributed by atoms with Gasteiger partial charge in [-0.2, -0.15) is 5.06 Å². The van der Waals surface area contributed by atoms with Crippen LogP contribution in [0.25, 0.3) is 0 Å². The number of thioether (sulfide) groups is 1. The number of nitrogens with zero attached hydrogens (tertiary/aromatic N) is 3. The zero-order valence-electron chi connectivity index (χ0n) is 14.4. The Morgan fingerprint density at radius 1 is 1.35 bits per heavy atom. The van der Waals surface area contributed by atoms with Crippen LogP contribution in [0.4, 0.5) is 0 Å². The lowest BCUT2D eigenvalue weighted by molar-refractivity contribution is -0.169. The van der Waals surface area contributed by atoms with Crippen molar-refractivity contribution >= 4 is 34.7 Å².